The second-order valence-corrected chi connectivity index (χ2v) is 7.74. The average molecular weight is 280 g/mol. The molecule has 2 atom stereocenters. The van der Waals surface area contributed by atoms with E-state index in [0.29, 0.717) is 23.0 Å². The van der Waals surface area contributed by atoms with Crippen LogP contribution in [0.1, 0.15) is 47.0 Å². The van der Waals surface area contributed by atoms with Gasteiger partial charge in [-0.2, -0.15) is 0 Å². The van der Waals surface area contributed by atoms with Crippen molar-refractivity contribution in [1.82, 2.24) is 9.80 Å². The van der Waals surface area contributed by atoms with Gasteiger partial charge in [-0.05, 0) is 30.7 Å². The largest absolute Gasteiger partial charge is 0.301 e. The molecule has 2 rings (SSSR count). The molecule has 2 fully saturated rings. The first-order valence-electron chi connectivity index (χ1n) is 8.37. The van der Waals surface area contributed by atoms with Crippen LogP contribution in [0.25, 0.3) is 0 Å². The fourth-order valence-electron chi connectivity index (χ4n) is 3.68. The molecule has 3 nitrogen and oxygen atoms in total. The highest BCUT2D eigenvalue weighted by molar-refractivity contribution is 5.82. The molecule has 0 N–H and O–H groups in total. The highest BCUT2D eigenvalue weighted by Gasteiger charge is 2.35. The van der Waals surface area contributed by atoms with Crippen molar-refractivity contribution in [3.63, 3.8) is 0 Å². The first-order chi connectivity index (χ1) is 9.40. The Balaban J connectivity index is 1.86. The van der Waals surface area contributed by atoms with Gasteiger partial charge in [0.05, 0.1) is 0 Å². The van der Waals surface area contributed by atoms with E-state index in [2.05, 4.69) is 37.5 Å². The lowest BCUT2D eigenvalue weighted by Gasteiger charge is -2.40. The summed E-state index contributed by atoms with van der Waals surface area (Å²) in [6, 6.07) is 0. The maximum atomic E-state index is 12.2. The number of nitrogens with zero attached hydrogens (tertiary/aromatic N) is 2. The standard InChI is InChI=1S/C17H32N2O/c1-5-18-8-10-19(11-9-18)13-14-12-15(17(2,3)4)6-7-16(14)20/h14-15H,5-13H2,1-4H3. The van der Waals surface area contributed by atoms with E-state index in [9.17, 15) is 4.79 Å². The molecule has 1 saturated carbocycles. The second-order valence-electron chi connectivity index (χ2n) is 7.74. The molecule has 2 unspecified atom stereocenters. The number of rotatable bonds is 3. The number of carbonyl (C=O) groups is 1. The summed E-state index contributed by atoms with van der Waals surface area (Å²) in [5, 5.41) is 0. The smallest absolute Gasteiger partial charge is 0.137 e. The van der Waals surface area contributed by atoms with Crippen LogP contribution in [0.5, 0.6) is 0 Å². The lowest BCUT2D eigenvalue weighted by atomic mass is 9.68. The van der Waals surface area contributed by atoms with E-state index in [0.717, 1.165) is 45.4 Å². The molecule has 0 spiro atoms. The number of likely N-dealkylation sites (N-methyl/N-ethyl adjacent to an activating group) is 1. The van der Waals surface area contributed by atoms with E-state index in [-0.39, 0.29) is 0 Å². The third-order valence-electron chi connectivity index (χ3n) is 5.38. The van der Waals surface area contributed by atoms with E-state index in [1.54, 1.807) is 0 Å². The van der Waals surface area contributed by atoms with Crippen molar-refractivity contribution in [3.8, 4) is 0 Å². The maximum Gasteiger partial charge on any atom is 0.137 e. The minimum absolute atomic E-state index is 0.293. The normalized spacial score (nSPS) is 30.7. The molecule has 0 amide bonds. The Bertz CT molecular complexity index is 326. The van der Waals surface area contributed by atoms with Gasteiger partial charge in [0.15, 0.2) is 0 Å². The topological polar surface area (TPSA) is 23.6 Å². The lowest BCUT2D eigenvalue weighted by molar-refractivity contribution is -0.127. The fraction of sp³-hybridized carbons (Fsp3) is 0.941. The van der Waals surface area contributed by atoms with Crippen LogP contribution < -0.4 is 0 Å². The van der Waals surface area contributed by atoms with Crippen LogP contribution in [0.15, 0.2) is 0 Å². The van der Waals surface area contributed by atoms with Crippen LogP contribution >= 0.6 is 0 Å². The quantitative estimate of drug-likeness (QED) is 0.794. The summed E-state index contributed by atoms with van der Waals surface area (Å²) in [4.78, 5) is 17.2. The van der Waals surface area contributed by atoms with Crippen molar-refractivity contribution in [2.24, 2.45) is 17.3 Å². The van der Waals surface area contributed by atoms with Crippen molar-refractivity contribution >= 4 is 5.78 Å². The first-order valence-corrected chi connectivity index (χ1v) is 8.37. The Kier molecular flexibility index (Phi) is 5.25. The van der Waals surface area contributed by atoms with Crippen LogP contribution in [0.3, 0.4) is 0 Å². The van der Waals surface area contributed by atoms with E-state index >= 15 is 0 Å². The van der Waals surface area contributed by atoms with Crippen LogP contribution in [0.2, 0.25) is 0 Å². The average Bonchev–Trinajstić information content (AvgIpc) is 2.41. The van der Waals surface area contributed by atoms with Gasteiger partial charge in [-0.15, -0.1) is 0 Å². The van der Waals surface area contributed by atoms with Gasteiger partial charge in [-0.25, -0.2) is 0 Å². The molecule has 116 valence electrons. The number of hydrogen-bond acceptors (Lipinski definition) is 3. The zero-order valence-corrected chi connectivity index (χ0v) is 13.8. The monoisotopic (exact) mass is 280 g/mol. The van der Waals surface area contributed by atoms with E-state index < -0.39 is 0 Å². The number of carbonyl (C=O) groups excluding carboxylic acids is 1. The highest BCUT2D eigenvalue weighted by atomic mass is 16.1. The summed E-state index contributed by atoms with van der Waals surface area (Å²) < 4.78 is 0. The van der Waals surface area contributed by atoms with Gasteiger partial charge < -0.3 is 9.80 Å². The summed E-state index contributed by atoms with van der Waals surface area (Å²) >= 11 is 0. The molecule has 0 radical (unpaired) electrons. The molecule has 0 aromatic heterocycles. The zero-order chi connectivity index (χ0) is 14.8. The van der Waals surface area contributed by atoms with E-state index in [1.165, 1.54) is 13.1 Å². The SMILES string of the molecule is CCN1CCN(CC2CC(C(C)(C)C)CCC2=O)CC1. The van der Waals surface area contributed by atoms with Crippen LogP contribution in [0, 0.1) is 17.3 Å². The number of piperazine rings is 1. The number of hydrogen-bond donors (Lipinski definition) is 0. The molecular formula is C17H32N2O. The Labute approximate surface area is 124 Å². The van der Waals surface area contributed by atoms with Gasteiger partial charge in [0, 0.05) is 45.1 Å². The van der Waals surface area contributed by atoms with Crippen LogP contribution in [-0.2, 0) is 4.79 Å². The van der Waals surface area contributed by atoms with Crippen LogP contribution in [-0.4, -0.2) is 54.9 Å². The second kappa shape index (κ2) is 6.57. The van der Waals surface area contributed by atoms with Gasteiger partial charge in [0.2, 0.25) is 0 Å². The molecule has 0 aromatic carbocycles. The fourth-order valence-corrected chi connectivity index (χ4v) is 3.68. The Morgan fingerprint density at radius 2 is 1.70 bits per heavy atom. The maximum absolute atomic E-state index is 12.2. The molecule has 20 heavy (non-hydrogen) atoms. The van der Waals surface area contributed by atoms with Crippen molar-refractivity contribution in [1.29, 1.82) is 0 Å². The van der Waals surface area contributed by atoms with Crippen molar-refractivity contribution in [2.45, 2.75) is 47.0 Å². The summed E-state index contributed by atoms with van der Waals surface area (Å²) in [7, 11) is 0. The summed E-state index contributed by atoms with van der Waals surface area (Å²) in [5.41, 5.74) is 0.347. The van der Waals surface area contributed by atoms with E-state index in [4.69, 9.17) is 0 Å². The van der Waals surface area contributed by atoms with Crippen molar-refractivity contribution < 1.29 is 4.79 Å². The Morgan fingerprint density at radius 3 is 2.25 bits per heavy atom. The molecule has 0 bridgehead atoms. The Hall–Kier alpha value is -0.410. The van der Waals surface area contributed by atoms with Gasteiger partial charge >= 0.3 is 0 Å². The minimum Gasteiger partial charge on any atom is -0.301 e. The minimum atomic E-state index is 0.293. The van der Waals surface area contributed by atoms with Crippen molar-refractivity contribution in [3.05, 3.63) is 0 Å². The molecule has 1 saturated heterocycles. The summed E-state index contributed by atoms with van der Waals surface area (Å²) in [5.74, 6) is 1.52. The predicted molar refractivity (Wildman–Crippen MR) is 83.8 cm³/mol. The molecule has 2 aliphatic rings. The van der Waals surface area contributed by atoms with Gasteiger partial charge in [0.25, 0.3) is 0 Å². The van der Waals surface area contributed by atoms with Gasteiger partial charge in [-0.3, -0.25) is 4.79 Å². The van der Waals surface area contributed by atoms with Crippen LogP contribution in [0.4, 0.5) is 0 Å². The first kappa shape index (κ1) is 16.0. The molecule has 0 aromatic rings. The molecular weight excluding hydrogens is 248 g/mol. The number of ketones is 1. The third kappa shape index (κ3) is 4.05. The number of Topliss-reactive ketones (excluding diaryl/α,β-unsaturated/α-hetero) is 1. The summed E-state index contributed by atoms with van der Waals surface area (Å²) in [6.45, 7) is 16.0. The lowest BCUT2D eigenvalue weighted by Crippen LogP contribution is -2.49. The molecule has 1 aliphatic carbocycles. The van der Waals surface area contributed by atoms with Crippen molar-refractivity contribution in [2.75, 3.05) is 39.3 Å². The predicted octanol–water partition coefficient (Wildman–Crippen LogP) is 2.66. The molecule has 3 heteroatoms. The summed E-state index contributed by atoms with van der Waals surface area (Å²) in [6.07, 6.45) is 3.01. The van der Waals surface area contributed by atoms with Gasteiger partial charge in [0.1, 0.15) is 5.78 Å². The van der Waals surface area contributed by atoms with E-state index in [1.807, 2.05) is 0 Å². The third-order valence-corrected chi connectivity index (χ3v) is 5.38. The molecule has 1 aliphatic heterocycles. The molecule has 1 heterocycles. The Morgan fingerprint density at radius 1 is 1.10 bits per heavy atom. The highest BCUT2D eigenvalue weighted by Crippen LogP contribution is 2.39. The van der Waals surface area contributed by atoms with Gasteiger partial charge in [-0.1, -0.05) is 27.7 Å². The zero-order valence-electron chi connectivity index (χ0n) is 13.8.